The van der Waals surface area contributed by atoms with E-state index in [1.807, 2.05) is 18.2 Å². The lowest BCUT2D eigenvalue weighted by atomic mass is 10.1. The smallest absolute Gasteiger partial charge is 0.239 e. The van der Waals surface area contributed by atoms with Crippen molar-refractivity contribution in [2.75, 3.05) is 11.9 Å². The summed E-state index contributed by atoms with van der Waals surface area (Å²) in [5.74, 6) is 0.104. The lowest BCUT2D eigenvalue weighted by molar-refractivity contribution is -0.120. The second kappa shape index (κ2) is 6.43. The van der Waals surface area contributed by atoms with Crippen molar-refractivity contribution in [1.29, 1.82) is 0 Å². The van der Waals surface area contributed by atoms with Gasteiger partial charge in [0.1, 0.15) is 0 Å². The highest BCUT2D eigenvalue weighted by atomic mass is 16.1. The van der Waals surface area contributed by atoms with Crippen molar-refractivity contribution in [2.45, 2.75) is 45.1 Å². The Morgan fingerprint density at radius 2 is 2.00 bits per heavy atom. The Kier molecular flexibility index (Phi) is 4.62. The Morgan fingerprint density at radius 1 is 1.28 bits per heavy atom. The van der Waals surface area contributed by atoms with E-state index in [4.69, 9.17) is 0 Å². The van der Waals surface area contributed by atoms with E-state index in [1.54, 1.807) is 0 Å². The standard InChI is InChI=1S/C15H22N2O/c1-2-12-7-3-6-10-14(12)16-11-15(18)17-13-8-4-5-9-13/h3,6-7,10,13,16H,2,4-5,8-9,11H2,1H3,(H,17,18). The fourth-order valence-electron chi connectivity index (χ4n) is 2.53. The largest absolute Gasteiger partial charge is 0.376 e. The molecule has 0 radical (unpaired) electrons. The van der Waals surface area contributed by atoms with Crippen LogP contribution in [0, 0.1) is 0 Å². The van der Waals surface area contributed by atoms with Gasteiger partial charge in [-0.3, -0.25) is 4.79 Å². The summed E-state index contributed by atoms with van der Waals surface area (Å²) in [6, 6.07) is 8.55. The van der Waals surface area contributed by atoms with Gasteiger partial charge in [0, 0.05) is 11.7 Å². The van der Waals surface area contributed by atoms with Crippen LogP contribution >= 0.6 is 0 Å². The number of rotatable bonds is 5. The van der Waals surface area contributed by atoms with E-state index < -0.39 is 0 Å². The molecule has 1 aliphatic carbocycles. The Hall–Kier alpha value is -1.51. The Bertz CT molecular complexity index is 397. The third-order valence-electron chi connectivity index (χ3n) is 3.56. The fourth-order valence-corrected chi connectivity index (χ4v) is 2.53. The highest BCUT2D eigenvalue weighted by Crippen LogP contribution is 2.18. The van der Waals surface area contributed by atoms with E-state index in [1.165, 1.54) is 18.4 Å². The lowest BCUT2D eigenvalue weighted by Crippen LogP contribution is -2.36. The third-order valence-corrected chi connectivity index (χ3v) is 3.56. The van der Waals surface area contributed by atoms with Crippen LogP contribution in [0.3, 0.4) is 0 Å². The number of benzene rings is 1. The van der Waals surface area contributed by atoms with Gasteiger partial charge in [0.2, 0.25) is 5.91 Å². The molecule has 2 rings (SSSR count). The van der Waals surface area contributed by atoms with Crippen LogP contribution in [0.4, 0.5) is 5.69 Å². The average molecular weight is 246 g/mol. The van der Waals surface area contributed by atoms with E-state index in [-0.39, 0.29) is 5.91 Å². The summed E-state index contributed by atoms with van der Waals surface area (Å²) in [6.07, 6.45) is 5.75. The zero-order valence-electron chi connectivity index (χ0n) is 11.0. The molecule has 3 nitrogen and oxygen atoms in total. The molecule has 1 aromatic rings. The minimum atomic E-state index is 0.104. The maximum atomic E-state index is 11.8. The molecule has 1 fully saturated rings. The van der Waals surface area contributed by atoms with Gasteiger partial charge in [0.15, 0.2) is 0 Å². The van der Waals surface area contributed by atoms with Crippen LogP contribution in [-0.4, -0.2) is 18.5 Å². The first-order valence-electron chi connectivity index (χ1n) is 6.90. The molecule has 0 atom stereocenters. The fraction of sp³-hybridized carbons (Fsp3) is 0.533. The normalized spacial score (nSPS) is 15.6. The monoisotopic (exact) mass is 246 g/mol. The minimum Gasteiger partial charge on any atom is -0.376 e. The summed E-state index contributed by atoms with van der Waals surface area (Å²) in [5.41, 5.74) is 2.33. The van der Waals surface area contributed by atoms with Gasteiger partial charge in [-0.1, -0.05) is 38.0 Å². The second-order valence-electron chi connectivity index (χ2n) is 4.91. The lowest BCUT2D eigenvalue weighted by Gasteiger charge is -2.14. The van der Waals surface area contributed by atoms with Gasteiger partial charge < -0.3 is 10.6 Å². The second-order valence-corrected chi connectivity index (χ2v) is 4.91. The highest BCUT2D eigenvalue weighted by molar-refractivity contribution is 5.81. The molecule has 1 saturated carbocycles. The van der Waals surface area contributed by atoms with Crippen LogP contribution in [0.1, 0.15) is 38.2 Å². The van der Waals surface area contributed by atoms with Crippen LogP contribution in [0.5, 0.6) is 0 Å². The van der Waals surface area contributed by atoms with Crippen molar-refractivity contribution in [2.24, 2.45) is 0 Å². The summed E-state index contributed by atoms with van der Waals surface area (Å²) in [5, 5.41) is 6.31. The SMILES string of the molecule is CCc1ccccc1NCC(=O)NC1CCCC1. The predicted octanol–water partition coefficient (Wildman–Crippen LogP) is 2.72. The molecule has 0 spiro atoms. The maximum absolute atomic E-state index is 11.8. The molecule has 0 heterocycles. The zero-order chi connectivity index (χ0) is 12.8. The first-order chi connectivity index (χ1) is 8.79. The van der Waals surface area contributed by atoms with Gasteiger partial charge in [-0.15, -0.1) is 0 Å². The van der Waals surface area contributed by atoms with Crippen molar-refractivity contribution in [1.82, 2.24) is 5.32 Å². The van der Waals surface area contributed by atoms with Gasteiger partial charge in [-0.25, -0.2) is 0 Å². The Labute approximate surface area is 109 Å². The van der Waals surface area contributed by atoms with Crippen molar-refractivity contribution >= 4 is 11.6 Å². The van der Waals surface area contributed by atoms with Gasteiger partial charge in [0.05, 0.1) is 6.54 Å². The first-order valence-corrected chi connectivity index (χ1v) is 6.90. The number of aryl methyl sites for hydroxylation is 1. The van der Waals surface area contributed by atoms with Crippen LogP contribution in [-0.2, 0) is 11.2 Å². The van der Waals surface area contributed by atoms with E-state index in [2.05, 4.69) is 23.6 Å². The molecule has 18 heavy (non-hydrogen) atoms. The van der Waals surface area contributed by atoms with E-state index in [9.17, 15) is 4.79 Å². The van der Waals surface area contributed by atoms with E-state index >= 15 is 0 Å². The highest BCUT2D eigenvalue weighted by Gasteiger charge is 2.16. The molecule has 2 N–H and O–H groups in total. The molecule has 0 bridgehead atoms. The van der Waals surface area contributed by atoms with Crippen molar-refractivity contribution in [3.63, 3.8) is 0 Å². The molecule has 3 heteroatoms. The molecular formula is C15H22N2O. The van der Waals surface area contributed by atoms with Gasteiger partial charge in [-0.2, -0.15) is 0 Å². The van der Waals surface area contributed by atoms with Gasteiger partial charge in [-0.05, 0) is 30.9 Å². The number of nitrogens with one attached hydrogen (secondary N) is 2. The number of para-hydroxylation sites is 1. The number of anilines is 1. The van der Waals surface area contributed by atoms with Crippen LogP contribution < -0.4 is 10.6 Å². The molecule has 1 aromatic carbocycles. The van der Waals surface area contributed by atoms with Crippen molar-refractivity contribution in [3.05, 3.63) is 29.8 Å². The summed E-state index contributed by atoms with van der Waals surface area (Å²) in [7, 11) is 0. The quantitative estimate of drug-likeness (QED) is 0.838. The van der Waals surface area contributed by atoms with Crippen LogP contribution in [0.2, 0.25) is 0 Å². The summed E-state index contributed by atoms with van der Waals surface area (Å²) in [6.45, 7) is 2.49. The number of carbonyl (C=O) groups excluding carboxylic acids is 1. The minimum absolute atomic E-state index is 0.104. The molecule has 0 unspecified atom stereocenters. The summed E-state index contributed by atoms with van der Waals surface area (Å²) in [4.78, 5) is 11.8. The zero-order valence-corrected chi connectivity index (χ0v) is 11.0. The van der Waals surface area contributed by atoms with Gasteiger partial charge in [0.25, 0.3) is 0 Å². The molecule has 0 aliphatic heterocycles. The summed E-state index contributed by atoms with van der Waals surface area (Å²) >= 11 is 0. The molecule has 0 aromatic heterocycles. The topological polar surface area (TPSA) is 41.1 Å². The number of hydrogen-bond acceptors (Lipinski definition) is 2. The van der Waals surface area contributed by atoms with E-state index in [0.29, 0.717) is 12.6 Å². The first kappa shape index (κ1) is 12.9. The Balaban J connectivity index is 1.81. The third kappa shape index (κ3) is 3.49. The average Bonchev–Trinajstić information content (AvgIpc) is 2.89. The molecule has 98 valence electrons. The van der Waals surface area contributed by atoms with Gasteiger partial charge >= 0.3 is 0 Å². The molecule has 0 saturated heterocycles. The Morgan fingerprint density at radius 3 is 2.72 bits per heavy atom. The summed E-state index contributed by atoms with van der Waals surface area (Å²) < 4.78 is 0. The maximum Gasteiger partial charge on any atom is 0.239 e. The molecule has 1 amide bonds. The predicted molar refractivity (Wildman–Crippen MR) is 74.7 cm³/mol. The van der Waals surface area contributed by atoms with Crippen LogP contribution in [0.15, 0.2) is 24.3 Å². The number of hydrogen-bond donors (Lipinski definition) is 2. The van der Waals surface area contributed by atoms with Crippen LogP contribution in [0.25, 0.3) is 0 Å². The van der Waals surface area contributed by atoms with Crippen molar-refractivity contribution < 1.29 is 4.79 Å². The number of amides is 1. The molecular weight excluding hydrogens is 224 g/mol. The van der Waals surface area contributed by atoms with E-state index in [0.717, 1.165) is 24.9 Å². The number of carbonyl (C=O) groups is 1. The molecule has 1 aliphatic rings. The van der Waals surface area contributed by atoms with Crippen molar-refractivity contribution in [3.8, 4) is 0 Å².